The van der Waals surface area contributed by atoms with Crippen molar-refractivity contribution < 1.29 is 19.4 Å². The number of nitrogens with zero attached hydrogens (tertiary/aromatic N) is 2. The zero-order valence-electron chi connectivity index (χ0n) is 21.5. The maximum Gasteiger partial charge on any atom is 0.301 e. The molecule has 0 aliphatic carbocycles. The summed E-state index contributed by atoms with van der Waals surface area (Å²) in [4.78, 5) is 33.1. The van der Waals surface area contributed by atoms with Crippen LogP contribution >= 0.6 is 22.9 Å². The van der Waals surface area contributed by atoms with Gasteiger partial charge in [0.1, 0.15) is 11.5 Å². The lowest BCUT2D eigenvalue weighted by Gasteiger charge is -2.23. The maximum absolute atomic E-state index is 13.6. The van der Waals surface area contributed by atoms with Gasteiger partial charge in [-0.1, -0.05) is 66.6 Å². The van der Waals surface area contributed by atoms with E-state index in [-0.39, 0.29) is 17.3 Å². The van der Waals surface area contributed by atoms with Crippen LogP contribution in [0, 0.1) is 6.92 Å². The molecule has 1 amide bonds. The number of hydrogen-bond donors (Lipinski definition) is 1. The molecule has 1 atom stereocenters. The first-order valence-corrected chi connectivity index (χ1v) is 13.6. The number of carbonyl (C=O) groups is 2. The molecule has 8 heteroatoms. The third-order valence-electron chi connectivity index (χ3n) is 6.55. The molecule has 1 N–H and O–H groups in total. The quantitative estimate of drug-likeness (QED) is 0.155. The Morgan fingerprint density at radius 2 is 1.92 bits per heavy atom. The fourth-order valence-electron chi connectivity index (χ4n) is 4.76. The monoisotopic (exact) mass is 546 g/mol. The number of aliphatic hydroxyl groups is 1. The summed E-state index contributed by atoms with van der Waals surface area (Å²) in [5, 5.41) is 12.5. The van der Waals surface area contributed by atoms with E-state index in [0.717, 1.165) is 21.6 Å². The Hall–Kier alpha value is -3.68. The fourth-order valence-corrected chi connectivity index (χ4v) is 6.03. The van der Waals surface area contributed by atoms with Crippen molar-refractivity contribution in [3.8, 4) is 5.75 Å². The van der Waals surface area contributed by atoms with E-state index in [4.69, 9.17) is 16.3 Å². The summed E-state index contributed by atoms with van der Waals surface area (Å²) in [6.07, 6.45) is 0. The highest BCUT2D eigenvalue weighted by atomic mass is 35.5. The van der Waals surface area contributed by atoms with Crippen LogP contribution in [0.2, 0.25) is 5.02 Å². The number of amides is 1. The number of thiazole rings is 1. The van der Waals surface area contributed by atoms with Gasteiger partial charge in [0, 0.05) is 10.6 Å². The molecule has 1 aromatic heterocycles. The number of ether oxygens (including phenoxy) is 1. The summed E-state index contributed by atoms with van der Waals surface area (Å²) >= 11 is 7.45. The van der Waals surface area contributed by atoms with Crippen LogP contribution in [0.25, 0.3) is 16.0 Å². The Kier molecular flexibility index (Phi) is 6.99. The number of hydrogen-bond acceptors (Lipinski definition) is 6. The van der Waals surface area contributed by atoms with E-state index in [9.17, 15) is 14.7 Å². The molecule has 0 radical (unpaired) electrons. The Bertz CT molecular complexity index is 1610. The lowest BCUT2D eigenvalue weighted by atomic mass is 9.92. The molecule has 194 valence electrons. The molecular formula is C30H27ClN2O4S. The van der Waals surface area contributed by atoms with Crippen molar-refractivity contribution in [3.63, 3.8) is 0 Å². The number of aliphatic hydroxyl groups excluding tert-OH is 1. The third kappa shape index (κ3) is 4.57. The van der Waals surface area contributed by atoms with E-state index in [1.807, 2.05) is 58.0 Å². The zero-order chi connectivity index (χ0) is 27.1. The van der Waals surface area contributed by atoms with Gasteiger partial charge in [-0.05, 0) is 67.3 Å². The van der Waals surface area contributed by atoms with Crippen LogP contribution in [-0.4, -0.2) is 28.4 Å². The van der Waals surface area contributed by atoms with Gasteiger partial charge in [-0.15, -0.1) is 0 Å². The smallest absolute Gasteiger partial charge is 0.301 e. The lowest BCUT2D eigenvalue weighted by Crippen LogP contribution is -2.29. The first kappa shape index (κ1) is 25.9. The molecule has 4 aromatic rings. The molecule has 1 aliphatic rings. The van der Waals surface area contributed by atoms with Gasteiger partial charge in [0.05, 0.1) is 28.4 Å². The Balaban J connectivity index is 1.72. The van der Waals surface area contributed by atoms with Crippen LogP contribution in [0.4, 0.5) is 5.13 Å². The van der Waals surface area contributed by atoms with Crippen molar-refractivity contribution in [1.82, 2.24) is 4.98 Å². The fraction of sp³-hybridized carbons (Fsp3) is 0.233. The number of benzene rings is 3. The summed E-state index contributed by atoms with van der Waals surface area (Å²) < 4.78 is 6.57. The Morgan fingerprint density at radius 3 is 2.63 bits per heavy atom. The van der Waals surface area contributed by atoms with Gasteiger partial charge < -0.3 is 9.84 Å². The molecule has 1 saturated heterocycles. The van der Waals surface area contributed by atoms with Crippen molar-refractivity contribution in [1.29, 1.82) is 0 Å². The molecule has 3 aromatic carbocycles. The molecule has 1 fully saturated rings. The number of fused-ring (bicyclic) bond motifs is 1. The van der Waals surface area contributed by atoms with Crippen LogP contribution in [0.3, 0.4) is 0 Å². The van der Waals surface area contributed by atoms with Crippen LogP contribution in [0.5, 0.6) is 5.75 Å². The number of rotatable bonds is 6. The first-order chi connectivity index (χ1) is 18.2. The van der Waals surface area contributed by atoms with E-state index >= 15 is 0 Å². The van der Waals surface area contributed by atoms with Gasteiger partial charge in [-0.3, -0.25) is 14.5 Å². The van der Waals surface area contributed by atoms with Crippen molar-refractivity contribution in [2.24, 2.45) is 0 Å². The van der Waals surface area contributed by atoms with Gasteiger partial charge in [-0.2, -0.15) is 0 Å². The normalized spacial score (nSPS) is 17.1. The second kappa shape index (κ2) is 10.2. The molecule has 6 nitrogen and oxygen atoms in total. The number of aromatic nitrogens is 1. The van der Waals surface area contributed by atoms with E-state index in [1.54, 1.807) is 30.3 Å². The van der Waals surface area contributed by atoms with Crippen molar-refractivity contribution in [2.75, 3.05) is 11.5 Å². The zero-order valence-corrected chi connectivity index (χ0v) is 23.1. The molecule has 2 heterocycles. The predicted molar refractivity (Wildman–Crippen MR) is 152 cm³/mol. The molecule has 0 spiro atoms. The van der Waals surface area contributed by atoms with Gasteiger partial charge in [-0.25, -0.2) is 4.98 Å². The van der Waals surface area contributed by atoms with Gasteiger partial charge in [0.2, 0.25) is 0 Å². The minimum atomic E-state index is -0.847. The second-order valence-corrected chi connectivity index (χ2v) is 11.0. The molecule has 0 saturated carbocycles. The van der Waals surface area contributed by atoms with Gasteiger partial charge in [0.15, 0.2) is 5.13 Å². The standard InChI is InChI=1S/C30H27ClN2O4S/c1-5-37-23-12-9-19(14-21(23)16(2)3)27(34)25-26(18-8-6-7-17(4)13-18)33(29(36)28(25)35)30-32-22-11-10-20(31)15-24(22)38-30/h6-16,26,34H,5H2,1-4H3/b27-25+. The van der Waals surface area contributed by atoms with Gasteiger partial charge >= 0.3 is 5.91 Å². The summed E-state index contributed by atoms with van der Waals surface area (Å²) in [6, 6.07) is 17.4. The number of anilines is 1. The summed E-state index contributed by atoms with van der Waals surface area (Å²) in [6.45, 7) is 8.43. The average molecular weight is 547 g/mol. The molecular weight excluding hydrogens is 520 g/mol. The molecule has 5 rings (SSSR count). The van der Waals surface area contributed by atoms with E-state index in [0.29, 0.717) is 33.4 Å². The minimum Gasteiger partial charge on any atom is -0.507 e. The molecule has 1 unspecified atom stereocenters. The SMILES string of the molecule is CCOc1ccc(/C(O)=C2\C(=O)C(=O)N(c3nc4ccc(Cl)cc4s3)C2c2cccc(C)c2)cc1C(C)C. The molecule has 1 aliphatic heterocycles. The van der Waals surface area contributed by atoms with Crippen molar-refractivity contribution >= 4 is 55.7 Å². The van der Waals surface area contributed by atoms with E-state index in [2.05, 4.69) is 4.98 Å². The topological polar surface area (TPSA) is 79.7 Å². The summed E-state index contributed by atoms with van der Waals surface area (Å²) in [5.41, 5.74) is 3.72. The predicted octanol–water partition coefficient (Wildman–Crippen LogP) is 7.41. The third-order valence-corrected chi connectivity index (χ3v) is 7.81. The highest BCUT2D eigenvalue weighted by Gasteiger charge is 2.48. The van der Waals surface area contributed by atoms with E-state index in [1.165, 1.54) is 16.2 Å². The van der Waals surface area contributed by atoms with E-state index < -0.39 is 17.7 Å². The average Bonchev–Trinajstić information content (AvgIpc) is 3.41. The Labute approximate surface area is 230 Å². The second-order valence-electron chi connectivity index (χ2n) is 9.53. The summed E-state index contributed by atoms with van der Waals surface area (Å²) in [5.74, 6) is -0.882. The largest absolute Gasteiger partial charge is 0.507 e. The number of ketones is 1. The maximum atomic E-state index is 13.6. The minimum absolute atomic E-state index is 0.0248. The number of Topliss-reactive ketones (excluding diaryl/α,β-unsaturated/α-hetero) is 1. The van der Waals surface area contributed by atoms with Crippen LogP contribution in [0.1, 0.15) is 55.0 Å². The Morgan fingerprint density at radius 1 is 1.13 bits per heavy atom. The number of carbonyl (C=O) groups excluding carboxylic acids is 2. The van der Waals surface area contributed by atoms with Crippen molar-refractivity contribution in [2.45, 2.75) is 39.7 Å². The lowest BCUT2D eigenvalue weighted by molar-refractivity contribution is -0.132. The highest BCUT2D eigenvalue weighted by Crippen LogP contribution is 2.45. The molecule has 0 bridgehead atoms. The summed E-state index contributed by atoms with van der Waals surface area (Å²) in [7, 11) is 0. The van der Waals surface area contributed by atoms with Crippen LogP contribution in [0.15, 0.2) is 66.2 Å². The number of aryl methyl sites for hydroxylation is 1. The molecule has 38 heavy (non-hydrogen) atoms. The number of halogens is 1. The van der Waals surface area contributed by atoms with Crippen molar-refractivity contribution in [3.05, 3.63) is 93.5 Å². The highest BCUT2D eigenvalue weighted by molar-refractivity contribution is 7.22. The van der Waals surface area contributed by atoms with Gasteiger partial charge in [0.25, 0.3) is 5.78 Å². The first-order valence-electron chi connectivity index (χ1n) is 12.4. The van der Waals surface area contributed by atoms with Crippen LogP contribution < -0.4 is 9.64 Å². The van der Waals surface area contributed by atoms with Crippen LogP contribution in [-0.2, 0) is 9.59 Å².